The van der Waals surface area contributed by atoms with Gasteiger partial charge in [-0.05, 0) is 66.8 Å². The maximum absolute atomic E-state index is 12.9. The second kappa shape index (κ2) is 12.9. The number of carbonyl (C=O) groups is 2. The molecule has 0 radical (unpaired) electrons. The quantitative estimate of drug-likeness (QED) is 0.291. The molecule has 2 aliphatic heterocycles. The Morgan fingerprint density at radius 1 is 0.974 bits per heavy atom. The summed E-state index contributed by atoms with van der Waals surface area (Å²) in [5.41, 5.74) is 5.48. The average Bonchev–Trinajstić information content (AvgIpc) is 3.45. The van der Waals surface area contributed by atoms with Crippen molar-refractivity contribution in [3.63, 3.8) is 0 Å². The molecule has 2 atom stereocenters. The Hall–Kier alpha value is -2.65. The third-order valence-electron chi connectivity index (χ3n) is 6.93. The lowest BCUT2D eigenvalue weighted by atomic mass is 9.94. The first-order chi connectivity index (χ1) is 18.6. The Morgan fingerprint density at radius 2 is 1.87 bits per heavy atom. The second-order valence-electron chi connectivity index (χ2n) is 9.87. The van der Waals surface area contributed by atoms with Crippen LogP contribution in [0, 0.1) is 0 Å². The molecule has 0 bridgehead atoms. The number of thioether (sulfide) groups is 1. The lowest BCUT2D eigenvalue weighted by Gasteiger charge is -2.35. The second-order valence-corrected chi connectivity index (χ2v) is 12.4. The van der Waals surface area contributed by atoms with E-state index in [-0.39, 0.29) is 22.9 Å². The maximum atomic E-state index is 12.9. The Bertz CT molecular complexity index is 1220. The van der Waals surface area contributed by atoms with Gasteiger partial charge in [-0.3, -0.25) is 9.59 Å². The molecule has 2 aromatic carbocycles. The number of benzene rings is 2. The molecule has 0 spiro atoms. The van der Waals surface area contributed by atoms with Crippen molar-refractivity contribution in [2.45, 2.75) is 62.4 Å². The van der Waals surface area contributed by atoms with Gasteiger partial charge in [0.2, 0.25) is 11.8 Å². The van der Waals surface area contributed by atoms with E-state index in [1.165, 1.54) is 11.3 Å². The highest BCUT2D eigenvalue weighted by molar-refractivity contribution is 8.00. The molecule has 3 heterocycles. The predicted molar refractivity (Wildman–Crippen MR) is 154 cm³/mol. The number of hydrogen-bond donors (Lipinski definition) is 2. The highest BCUT2D eigenvalue weighted by atomic mass is 32.2. The van der Waals surface area contributed by atoms with Crippen molar-refractivity contribution in [2.75, 3.05) is 17.7 Å². The van der Waals surface area contributed by atoms with Crippen molar-refractivity contribution in [1.82, 2.24) is 5.48 Å². The molecule has 2 aliphatic rings. The molecule has 6 nitrogen and oxygen atoms in total. The first kappa shape index (κ1) is 26.9. The average molecular weight is 551 g/mol. The van der Waals surface area contributed by atoms with Gasteiger partial charge in [0.05, 0.1) is 11.2 Å². The Labute approximate surface area is 232 Å². The predicted octanol–water partition coefficient (Wildman–Crippen LogP) is 6.67. The van der Waals surface area contributed by atoms with Crippen LogP contribution in [-0.4, -0.2) is 30.5 Å². The van der Waals surface area contributed by atoms with Crippen LogP contribution in [0.1, 0.15) is 55.4 Å². The van der Waals surface area contributed by atoms with Gasteiger partial charge in [0, 0.05) is 34.9 Å². The van der Waals surface area contributed by atoms with E-state index in [0.717, 1.165) is 59.5 Å². The van der Waals surface area contributed by atoms with Crippen molar-refractivity contribution in [2.24, 2.45) is 0 Å². The van der Waals surface area contributed by atoms with Gasteiger partial charge >= 0.3 is 0 Å². The lowest BCUT2D eigenvalue weighted by molar-refractivity contribution is -0.200. The number of thiophene rings is 1. The molecule has 0 saturated carbocycles. The van der Waals surface area contributed by atoms with E-state index < -0.39 is 0 Å². The number of anilines is 1. The first-order valence-corrected chi connectivity index (χ1v) is 15.1. The molecular weight excluding hydrogens is 516 g/mol. The van der Waals surface area contributed by atoms with E-state index in [9.17, 15) is 9.59 Å². The summed E-state index contributed by atoms with van der Waals surface area (Å²) >= 11 is 3.61. The molecule has 0 aliphatic carbocycles. The van der Waals surface area contributed by atoms with Gasteiger partial charge in [-0.2, -0.15) is 0 Å². The van der Waals surface area contributed by atoms with Crippen molar-refractivity contribution in [1.29, 1.82) is 0 Å². The molecule has 38 heavy (non-hydrogen) atoms. The van der Waals surface area contributed by atoms with E-state index >= 15 is 0 Å². The van der Waals surface area contributed by atoms with Crippen LogP contribution in [-0.2, 0) is 30.3 Å². The largest absolute Gasteiger partial charge is 0.350 e. The summed E-state index contributed by atoms with van der Waals surface area (Å²) < 4.78 is 5.32. The topological polar surface area (TPSA) is 76.7 Å². The zero-order chi connectivity index (χ0) is 26.2. The molecule has 2 saturated heterocycles. The Morgan fingerprint density at radius 3 is 2.66 bits per heavy atom. The Kier molecular flexibility index (Phi) is 9.17. The van der Waals surface area contributed by atoms with Crippen LogP contribution >= 0.6 is 23.1 Å². The number of hydroxylamine groups is 1. The van der Waals surface area contributed by atoms with E-state index in [4.69, 9.17) is 9.57 Å². The van der Waals surface area contributed by atoms with E-state index in [1.807, 2.05) is 60.3 Å². The summed E-state index contributed by atoms with van der Waals surface area (Å²) in [7, 11) is 0. The van der Waals surface area contributed by atoms with Crippen molar-refractivity contribution >= 4 is 40.6 Å². The van der Waals surface area contributed by atoms with Crippen molar-refractivity contribution in [3.05, 3.63) is 77.2 Å². The fourth-order valence-electron chi connectivity index (χ4n) is 4.98. The molecule has 1 aromatic heterocycles. The minimum absolute atomic E-state index is 0.0374. The van der Waals surface area contributed by atoms with Crippen molar-refractivity contribution in [3.8, 4) is 10.4 Å². The third-order valence-corrected chi connectivity index (χ3v) is 10.0. The molecule has 2 amide bonds. The normalized spacial score (nSPS) is 21.5. The number of ether oxygens (including phenoxy) is 1. The summed E-state index contributed by atoms with van der Waals surface area (Å²) in [6, 6.07) is 22.0. The minimum atomic E-state index is -0.351. The van der Waals surface area contributed by atoms with Gasteiger partial charge in [-0.25, -0.2) is 10.3 Å². The van der Waals surface area contributed by atoms with Gasteiger partial charge < -0.3 is 10.1 Å². The highest BCUT2D eigenvalue weighted by Crippen LogP contribution is 2.51. The van der Waals surface area contributed by atoms with Gasteiger partial charge in [0.15, 0.2) is 6.29 Å². The monoisotopic (exact) mass is 550 g/mol. The minimum Gasteiger partial charge on any atom is -0.350 e. The lowest BCUT2D eigenvalue weighted by Crippen LogP contribution is -2.37. The van der Waals surface area contributed by atoms with E-state index in [0.29, 0.717) is 19.4 Å². The molecule has 2 N–H and O–H groups in total. The number of amides is 2. The van der Waals surface area contributed by atoms with Crippen LogP contribution < -0.4 is 10.8 Å². The van der Waals surface area contributed by atoms with Crippen LogP contribution in [0.5, 0.6) is 0 Å². The third kappa shape index (κ3) is 7.05. The first-order valence-electron chi connectivity index (χ1n) is 13.3. The van der Waals surface area contributed by atoms with Gasteiger partial charge in [0.25, 0.3) is 0 Å². The SMILES string of the molecule is O=C(C[C@]1(c2ccc(-c3cccc(NC(=O)Cc4ccccc4)c3)s2)CCCCS1)NOC1CCCCO1. The molecule has 1 unspecified atom stereocenters. The number of hydrogen-bond acceptors (Lipinski definition) is 6. The molecule has 8 heteroatoms. The zero-order valence-corrected chi connectivity index (χ0v) is 23.1. The summed E-state index contributed by atoms with van der Waals surface area (Å²) in [6.07, 6.45) is 6.49. The number of rotatable bonds is 9. The van der Waals surface area contributed by atoms with Crippen LogP contribution in [0.2, 0.25) is 0 Å². The fraction of sp³-hybridized carbons (Fsp3) is 0.400. The van der Waals surface area contributed by atoms with Gasteiger partial charge in [-0.1, -0.05) is 48.9 Å². The zero-order valence-electron chi connectivity index (χ0n) is 21.4. The van der Waals surface area contributed by atoms with Crippen LogP contribution in [0.25, 0.3) is 10.4 Å². The highest BCUT2D eigenvalue weighted by Gasteiger charge is 2.38. The molecule has 200 valence electrons. The van der Waals surface area contributed by atoms with Crippen molar-refractivity contribution < 1.29 is 19.2 Å². The summed E-state index contributed by atoms with van der Waals surface area (Å²) in [5, 5.41) is 3.03. The molecule has 2 fully saturated rings. The molecular formula is C30H34N2O4S2. The van der Waals surface area contributed by atoms with Gasteiger partial charge in [-0.15, -0.1) is 23.1 Å². The fourth-order valence-corrected chi connectivity index (χ4v) is 7.87. The Balaban J connectivity index is 1.26. The molecule has 3 aromatic rings. The summed E-state index contributed by atoms with van der Waals surface area (Å²) in [5.74, 6) is 0.895. The van der Waals surface area contributed by atoms with Crippen LogP contribution in [0.3, 0.4) is 0 Å². The van der Waals surface area contributed by atoms with Gasteiger partial charge in [0.1, 0.15) is 0 Å². The standard InChI is InChI=1S/C30H34N2O4S2/c33-27(19-22-9-2-1-3-10-22)31-24-12-8-11-23(20-24)25-14-15-26(38-25)30(16-5-7-18-37-30)21-28(34)32-36-29-13-4-6-17-35-29/h1-3,8-12,14-15,20,29H,4-7,13,16-19,21H2,(H,31,33)(H,32,34)/t29?,30-/m0/s1. The van der Waals surface area contributed by atoms with Crippen LogP contribution in [0.4, 0.5) is 5.69 Å². The summed E-state index contributed by atoms with van der Waals surface area (Å²) in [4.78, 5) is 33.4. The van der Waals surface area contributed by atoms with E-state index in [1.54, 1.807) is 11.3 Å². The number of carbonyl (C=O) groups excluding carboxylic acids is 2. The molecule has 5 rings (SSSR count). The maximum Gasteiger partial charge on any atom is 0.245 e. The van der Waals surface area contributed by atoms with Crippen LogP contribution in [0.15, 0.2) is 66.7 Å². The number of nitrogens with one attached hydrogen (secondary N) is 2. The smallest absolute Gasteiger partial charge is 0.245 e. The summed E-state index contributed by atoms with van der Waals surface area (Å²) in [6.45, 7) is 0.677. The van der Waals surface area contributed by atoms with E-state index in [2.05, 4.69) is 29.0 Å².